The van der Waals surface area contributed by atoms with Gasteiger partial charge in [0.15, 0.2) is 0 Å². The Hall–Kier alpha value is -2.15. The number of non-ortho nitro benzene ring substituents is 1. The van der Waals surface area contributed by atoms with Crippen LogP contribution >= 0.6 is 0 Å². The van der Waals surface area contributed by atoms with E-state index in [0.717, 1.165) is 6.42 Å². The SMILES string of the molecule is COc1ccc([N+](=O)[O-])cc1NC(=O)C(C)CCCN. The highest BCUT2D eigenvalue weighted by atomic mass is 16.6. The Morgan fingerprint density at radius 3 is 2.80 bits per heavy atom. The molecule has 0 aromatic heterocycles. The zero-order valence-corrected chi connectivity index (χ0v) is 11.6. The predicted molar refractivity (Wildman–Crippen MR) is 75.7 cm³/mol. The van der Waals surface area contributed by atoms with E-state index in [0.29, 0.717) is 24.4 Å². The molecule has 3 N–H and O–H groups in total. The van der Waals surface area contributed by atoms with Crippen molar-refractivity contribution < 1.29 is 14.5 Å². The zero-order chi connectivity index (χ0) is 15.1. The number of carbonyl (C=O) groups excluding carboxylic acids is 1. The van der Waals surface area contributed by atoms with E-state index >= 15 is 0 Å². The summed E-state index contributed by atoms with van der Waals surface area (Å²) in [5, 5.41) is 13.4. The number of nitrogens with one attached hydrogen (secondary N) is 1. The lowest BCUT2D eigenvalue weighted by molar-refractivity contribution is -0.384. The van der Waals surface area contributed by atoms with Crippen molar-refractivity contribution >= 4 is 17.3 Å². The van der Waals surface area contributed by atoms with Crippen LogP contribution < -0.4 is 15.8 Å². The van der Waals surface area contributed by atoms with Gasteiger partial charge >= 0.3 is 0 Å². The number of methoxy groups -OCH3 is 1. The number of benzene rings is 1. The summed E-state index contributed by atoms with van der Waals surface area (Å²) in [6.07, 6.45) is 1.42. The Morgan fingerprint density at radius 2 is 2.25 bits per heavy atom. The predicted octanol–water partition coefficient (Wildman–Crippen LogP) is 1.92. The van der Waals surface area contributed by atoms with E-state index in [2.05, 4.69) is 5.32 Å². The number of nitro groups is 1. The highest BCUT2D eigenvalue weighted by Crippen LogP contribution is 2.29. The van der Waals surface area contributed by atoms with Crippen molar-refractivity contribution in [2.75, 3.05) is 19.0 Å². The molecule has 20 heavy (non-hydrogen) atoms. The van der Waals surface area contributed by atoms with Crippen molar-refractivity contribution in [3.05, 3.63) is 28.3 Å². The molecule has 0 heterocycles. The van der Waals surface area contributed by atoms with Crippen LogP contribution in [0.2, 0.25) is 0 Å². The maximum Gasteiger partial charge on any atom is 0.271 e. The van der Waals surface area contributed by atoms with E-state index in [4.69, 9.17) is 10.5 Å². The summed E-state index contributed by atoms with van der Waals surface area (Å²) >= 11 is 0. The third-order valence-corrected chi connectivity index (χ3v) is 2.94. The second-order valence-corrected chi connectivity index (χ2v) is 4.46. The Balaban J connectivity index is 2.86. The van der Waals surface area contributed by atoms with E-state index in [1.807, 2.05) is 0 Å². The summed E-state index contributed by atoms with van der Waals surface area (Å²) in [6.45, 7) is 2.31. The number of nitrogens with two attached hydrogens (primary N) is 1. The molecule has 0 aliphatic carbocycles. The second-order valence-electron chi connectivity index (χ2n) is 4.46. The summed E-state index contributed by atoms with van der Waals surface area (Å²) in [5.41, 5.74) is 5.60. The number of nitro benzene ring substituents is 1. The standard InChI is InChI=1S/C13H19N3O4/c1-9(4-3-7-14)13(17)15-11-8-10(16(18)19)5-6-12(11)20-2/h5-6,8-9H,3-4,7,14H2,1-2H3,(H,15,17). The average Bonchev–Trinajstić information content (AvgIpc) is 2.44. The Kier molecular flexibility index (Phi) is 5.92. The lowest BCUT2D eigenvalue weighted by Crippen LogP contribution is -2.21. The van der Waals surface area contributed by atoms with Crippen molar-refractivity contribution in [3.8, 4) is 5.75 Å². The van der Waals surface area contributed by atoms with Gasteiger partial charge in [0.05, 0.1) is 17.7 Å². The smallest absolute Gasteiger partial charge is 0.271 e. The Bertz CT molecular complexity index is 491. The van der Waals surface area contributed by atoms with Gasteiger partial charge in [-0.25, -0.2) is 0 Å². The van der Waals surface area contributed by atoms with E-state index in [1.165, 1.54) is 25.3 Å². The quantitative estimate of drug-likeness (QED) is 0.586. The summed E-state index contributed by atoms with van der Waals surface area (Å²) in [4.78, 5) is 22.2. The molecule has 1 atom stereocenters. The van der Waals surface area contributed by atoms with Crippen LogP contribution in [0, 0.1) is 16.0 Å². The van der Waals surface area contributed by atoms with Gasteiger partial charge in [0.1, 0.15) is 5.75 Å². The highest BCUT2D eigenvalue weighted by molar-refractivity contribution is 5.94. The molecular weight excluding hydrogens is 262 g/mol. The van der Waals surface area contributed by atoms with Crippen molar-refractivity contribution in [2.24, 2.45) is 11.7 Å². The fraction of sp³-hybridized carbons (Fsp3) is 0.462. The lowest BCUT2D eigenvalue weighted by Gasteiger charge is -2.13. The molecule has 1 rings (SSSR count). The average molecular weight is 281 g/mol. The van der Waals surface area contributed by atoms with E-state index in [1.54, 1.807) is 6.92 Å². The summed E-state index contributed by atoms with van der Waals surface area (Å²) < 4.78 is 5.08. The van der Waals surface area contributed by atoms with Crippen LogP contribution in [-0.4, -0.2) is 24.5 Å². The Labute approximate surface area is 117 Å². The fourth-order valence-corrected chi connectivity index (χ4v) is 1.72. The van der Waals surface area contributed by atoms with E-state index in [-0.39, 0.29) is 17.5 Å². The number of carbonyl (C=O) groups is 1. The molecule has 0 saturated heterocycles. The first-order chi connectivity index (χ1) is 9.49. The van der Waals surface area contributed by atoms with Crippen molar-refractivity contribution in [1.29, 1.82) is 0 Å². The molecule has 0 bridgehead atoms. The first-order valence-electron chi connectivity index (χ1n) is 6.33. The van der Waals surface area contributed by atoms with Gasteiger partial charge in [0, 0.05) is 18.1 Å². The summed E-state index contributed by atoms with van der Waals surface area (Å²) in [7, 11) is 1.44. The van der Waals surface area contributed by atoms with Crippen LogP contribution in [0.5, 0.6) is 5.75 Å². The molecule has 1 aromatic carbocycles. The molecule has 1 amide bonds. The minimum absolute atomic E-state index is 0.101. The number of anilines is 1. The molecule has 0 saturated carbocycles. The molecule has 7 nitrogen and oxygen atoms in total. The number of hydrogen-bond donors (Lipinski definition) is 2. The number of amides is 1. The van der Waals surface area contributed by atoms with Crippen molar-refractivity contribution in [1.82, 2.24) is 0 Å². The van der Waals surface area contributed by atoms with Crippen LogP contribution in [0.1, 0.15) is 19.8 Å². The van der Waals surface area contributed by atoms with Gasteiger partial charge < -0.3 is 15.8 Å². The topological polar surface area (TPSA) is 107 Å². The van der Waals surface area contributed by atoms with E-state index < -0.39 is 4.92 Å². The van der Waals surface area contributed by atoms with Gasteiger partial charge in [0.2, 0.25) is 5.91 Å². The molecule has 110 valence electrons. The fourth-order valence-electron chi connectivity index (χ4n) is 1.72. The molecule has 1 aromatic rings. The third kappa shape index (κ3) is 4.20. The largest absolute Gasteiger partial charge is 0.495 e. The third-order valence-electron chi connectivity index (χ3n) is 2.94. The van der Waals surface area contributed by atoms with E-state index in [9.17, 15) is 14.9 Å². The second kappa shape index (κ2) is 7.44. The minimum Gasteiger partial charge on any atom is -0.495 e. The Morgan fingerprint density at radius 1 is 1.55 bits per heavy atom. The van der Waals surface area contributed by atoms with Crippen LogP contribution in [0.3, 0.4) is 0 Å². The molecule has 0 radical (unpaired) electrons. The maximum absolute atomic E-state index is 12.0. The highest BCUT2D eigenvalue weighted by Gasteiger charge is 2.17. The van der Waals surface area contributed by atoms with Gasteiger partial charge in [-0.05, 0) is 25.5 Å². The number of rotatable bonds is 7. The minimum atomic E-state index is -0.521. The van der Waals surface area contributed by atoms with Crippen LogP contribution in [0.25, 0.3) is 0 Å². The molecular formula is C13H19N3O4. The molecule has 0 aliphatic heterocycles. The van der Waals surface area contributed by atoms with Crippen LogP contribution in [0.4, 0.5) is 11.4 Å². The van der Waals surface area contributed by atoms with Crippen molar-refractivity contribution in [2.45, 2.75) is 19.8 Å². The van der Waals surface area contributed by atoms with Crippen molar-refractivity contribution in [3.63, 3.8) is 0 Å². The first kappa shape index (κ1) is 15.9. The number of ether oxygens (including phenoxy) is 1. The monoisotopic (exact) mass is 281 g/mol. The van der Waals surface area contributed by atoms with Gasteiger partial charge in [-0.15, -0.1) is 0 Å². The van der Waals surface area contributed by atoms with Gasteiger partial charge in [-0.3, -0.25) is 14.9 Å². The molecule has 0 spiro atoms. The normalized spacial score (nSPS) is 11.8. The molecule has 1 unspecified atom stereocenters. The lowest BCUT2D eigenvalue weighted by atomic mass is 10.0. The molecule has 7 heteroatoms. The van der Waals surface area contributed by atoms with Crippen LogP contribution in [-0.2, 0) is 4.79 Å². The first-order valence-corrected chi connectivity index (χ1v) is 6.33. The molecule has 0 fully saturated rings. The number of hydrogen-bond acceptors (Lipinski definition) is 5. The summed E-state index contributed by atoms with van der Waals surface area (Å²) in [6, 6.07) is 4.07. The summed E-state index contributed by atoms with van der Waals surface area (Å²) in [5.74, 6) is -0.0465. The van der Waals surface area contributed by atoms with Gasteiger partial charge in [-0.2, -0.15) is 0 Å². The van der Waals surface area contributed by atoms with Crippen LogP contribution in [0.15, 0.2) is 18.2 Å². The number of nitrogens with zero attached hydrogens (tertiary/aromatic N) is 1. The molecule has 0 aliphatic rings. The maximum atomic E-state index is 12.0. The van der Waals surface area contributed by atoms with Gasteiger partial charge in [0.25, 0.3) is 5.69 Å². The zero-order valence-electron chi connectivity index (χ0n) is 11.6. The van der Waals surface area contributed by atoms with Gasteiger partial charge in [-0.1, -0.05) is 6.92 Å².